The Morgan fingerprint density at radius 3 is 1.68 bits per heavy atom. The summed E-state index contributed by atoms with van der Waals surface area (Å²) < 4.78 is 0. The van der Waals surface area contributed by atoms with Crippen LogP contribution < -0.4 is 0 Å². The Morgan fingerprint density at radius 1 is 0.452 bits per heavy atom. The van der Waals surface area contributed by atoms with Gasteiger partial charge < -0.3 is 0 Å². The molecule has 0 radical (unpaired) electrons. The summed E-state index contributed by atoms with van der Waals surface area (Å²) in [6, 6.07) is 29.7. The Bertz CT molecular complexity index is 925. The van der Waals surface area contributed by atoms with E-state index in [1.54, 1.807) is 16.7 Å². The lowest BCUT2D eigenvalue weighted by Gasteiger charge is -2.27. The largest absolute Gasteiger partial charge is 0.0622 e. The van der Waals surface area contributed by atoms with E-state index in [0.29, 0.717) is 5.92 Å². The summed E-state index contributed by atoms with van der Waals surface area (Å²) in [5, 5.41) is 0. The lowest BCUT2D eigenvalue weighted by Crippen LogP contribution is -2.14. The van der Waals surface area contributed by atoms with E-state index in [4.69, 9.17) is 0 Å². The summed E-state index contributed by atoms with van der Waals surface area (Å²) in [5.41, 5.74) is 7.70. The first-order chi connectivity index (χ1) is 15.4. The van der Waals surface area contributed by atoms with Crippen LogP contribution in [0.3, 0.4) is 0 Å². The van der Waals surface area contributed by atoms with Crippen molar-refractivity contribution in [3.63, 3.8) is 0 Å². The van der Waals surface area contributed by atoms with Gasteiger partial charge in [-0.15, -0.1) is 0 Å². The zero-order valence-electron chi connectivity index (χ0n) is 18.8. The van der Waals surface area contributed by atoms with Crippen molar-refractivity contribution in [1.82, 2.24) is 0 Å². The van der Waals surface area contributed by atoms with Gasteiger partial charge in [0.1, 0.15) is 0 Å². The molecule has 0 spiro atoms. The van der Waals surface area contributed by atoms with Gasteiger partial charge in [0.2, 0.25) is 0 Å². The van der Waals surface area contributed by atoms with E-state index in [-0.39, 0.29) is 0 Å². The zero-order valence-corrected chi connectivity index (χ0v) is 18.8. The first-order valence-electron chi connectivity index (χ1n) is 12.6. The molecule has 1 saturated carbocycles. The normalized spacial score (nSPS) is 22.7. The Morgan fingerprint density at radius 2 is 0.968 bits per heavy atom. The topological polar surface area (TPSA) is 0 Å². The van der Waals surface area contributed by atoms with Gasteiger partial charge in [0.25, 0.3) is 0 Å². The zero-order chi connectivity index (χ0) is 20.9. The molecule has 160 valence electrons. The van der Waals surface area contributed by atoms with Crippen LogP contribution in [0.4, 0.5) is 0 Å². The highest BCUT2D eigenvalue weighted by molar-refractivity contribution is 5.78. The fraction of sp³-hybridized carbons (Fsp3) is 0.419. The van der Waals surface area contributed by atoms with E-state index in [9.17, 15) is 0 Å². The molecule has 3 aromatic rings. The molecule has 5 rings (SSSR count). The van der Waals surface area contributed by atoms with Gasteiger partial charge >= 0.3 is 0 Å². The monoisotopic (exact) mass is 408 g/mol. The Kier molecular flexibility index (Phi) is 6.54. The molecule has 0 aliphatic heterocycles. The highest BCUT2D eigenvalue weighted by Gasteiger charge is 2.33. The number of fused-ring (bicyclic) bond motifs is 3. The number of benzene rings is 3. The standard InChI is InChI=1S/C31H36/c1-2-5-14-25(24-15-7-4-8-16-24)18-13-19-26(17-6-3-1)31-29-22-11-9-20-27(29)28-21-10-12-23-30(28)31/h4,7-12,15-16,20-23,25-26,31H,1-3,5-6,13-14,17-19H2. The molecule has 0 saturated heterocycles. The van der Waals surface area contributed by atoms with E-state index in [0.717, 1.165) is 11.8 Å². The molecule has 31 heavy (non-hydrogen) atoms. The summed E-state index contributed by atoms with van der Waals surface area (Å²) in [6.07, 6.45) is 13.8. The fourth-order valence-corrected chi connectivity index (χ4v) is 6.34. The number of hydrogen-bond acceptors (Lipinski definition) is 0. The van der Waals surface area contributed by atoms with Gasteiger partial charge in [0, 0.05) is 5.92 Å². The number of rotatable bonds is 2. The van der Waals surface area contributed by atoms with Crippen molar-refractivity contribution in [2.45, 2.75) is 76.0 Å². The van der Waals surface area contributed by atoms with Gasteiger partial charge in [-0.3, -0.25) is 0 Å². The van der Waals surface area contributed by atoms with Gasteiger partial charge in [-0.1, -0.05) is 117 Å². The lowest BCUT2D eigenvalue weighted by molar-refractivity contribution is 0.356. The molecule has 2 unspecified atom stereocenters. The van der Waals surface area contributed by atoms with E-state index in [1.807, 2.05) is 0 Å². The predicted molar refractivity (Wildman–Crippen MR) is 133 cm³/mol. The molecule has 2 atom stereocenters. The van der Waals surface area contributed by atoms with Crippen LogP contribution in [0.15, 0.2) is 78.9 Å². The molecule has 2 aliphatic carbocycles. The fourth-order valence-electron chi connectivity index (χ4n) is 6.34. The third-order valence-corrected chi connectivity index (χ3v) is 7.88. The molecule has 0 bridgehead atoms. The Labute approximate surface area is 188 Å². The highest BCUT2D eigenvalue weighted by atomic mass is 14.4. The average molecular weight is 409 g/mol. The van der Waals surface area contributed by atoms with Crippen LogP contribution in [-0.2, 0) is 0 Å². The van der Waals surface area contributed by atoms with Gasteiger partial charge in [0.15, 0.2) is 0 Å². The Balaban J connectivity index is 1.39. The third kappa shape index (κ3) is 4.49. The minimum atomic E-state index is 0.588. The van der Waals surface area contributed by atoms with Crippen molar-refractivity contribution >= 4 is 0 Å². The van der Waals surface area contributed by atoms with Crippen molar-refractivity contribution in [3.8, 4) is 11.1 Å². The molecule has 2 aliphatic rings. The molecule has 0 aromatic heterocycles. The summed E-state index contributed by atoms with van der Waals surface area (Å²) >= 11 is 0. The van der Waals surface area contributed by atoms with Crippen LogP contribution in [0.2, 0.25) is 0 Å². The van der Waals surface area contributed by atoms with Crippen LogP contribution in [-0.4, -0.2) is 0 Å². The molecular formula is C31H36. The maximum absolute atomic E-state index is 2.41. The second-order valence-electron chi connectivity index (χ2n) is 9.80. The molecule has 0 heterocycles. The molecule has 3 aromatic carbocycles. The van der Waals surface area contributed by atoms with Crippen molar-refractivity contribution in [3.05, 3.63) is 95.6 Å². The van der Waals surface area contributed by atoms with Crippen molar-refractivity contribution in [2.75, 3.05) is 0 Å². The smallest absolute Gasteiger partial charge is 0.0130 e. The quantitative estimate of drug-likeness (QED) is 0.396. The van der Waals surface area contributed by atoms with Crippen LogP contribution >= 0.6 is 0 Å². The van der Waals surface area contributed by atoms with Gasteiger partial charge in [0.05, 0.1) is 0 Å². The molecule has 0 N–H and O–H groups in total. The molecule has 0 nitrogen and oxygen atoms in total. The van der Waals surface area contributed by atoms with Crippen LogP contribution in [0, 0.1) is 5.92 Å². The van der Waals surface area contributed by atoms with Gasteiger partial charge in [-0.25, -0.2) is 0 Å². The molecular weight excluding hydrogens is 372 g/mol. The second-order valence-corrected chi connectivity index (χ2v) is 9.80. The summed E-state index contributed by atoms with van der Waals surface area (Å²) in [6.45, 7) is 0. The summed E-state index contributed by atoms with van der Waals surface area (Å²) in [4.78, 5) is 0. The van der Waals surface area contributed by atoms with E-state index in [1.165, 1.54) is 75.3 Å². The SMILES string of the molecule is c1ccc(C2CCCCCCCC(C3c4ccccc4-c4ccccc43)CCC2)cc1. The van der Waals surface area contributed by atoms with Crippen molar-refractivity contribution < 1.29 is 0 Å². The predicted octanol–water partition coefficient (Wildman–Crippen LogP) is 9.11. The van der Waals surface area contributed by atoms with Crippen molar-refractivity contribution in [2.24, 2.45) is 5.92 Å². The van der Waals surface area contributed by atoms with Crippen molar-refractivity contribution in [1.29, 1.82) is 0 Å². The van der Waals surface area contributed by atoms with E-state index in [2.05, 4.69) is 78.9 Å². The molecule has 1 fully saturated rings. The van der Waals surface area contributed by atoms with Crippen LogP contribution in [0.1, 0.15) is 92.7 Å². The highest BCUT2D eigenvalue weighted by Crippen LogP contribution is 2.50. The average Bonchev–Trinajstić information content (AvgIpc) is 3.15. The minimum Gasteiger partial charge on any atom is -0.0622 e. The Hall–Kier alpha value is -2.34. The first-order valence-corrected chi connectivity index (χ1v) is 12.6. The molecule has 0 heteroatoms. The third-order valence-electron chi connectivity index (χ3n) is 7.88. The van der Waals surface area contributed by atoms with Gasteiger partial charge in [-0.05, 0) is 65.3 Å². The van der Waals surface area contributed by atoms with E-state index < -0.39 is 0 Å². The molecule has 0 amide bonds. The number of hydrogen-bond donors (Lipinski definition) is 0. The maximum atomic E-state index is 2.41. The summed E-state index contributed by atoms with van der Waals surface area (Å²) in [7, 11) is 0. The summed E-state index contributed by atoms with van der Waals surface area (Å²) in [5.74, 6) is 2.09. The van der Waals surface area contributed by atoms with Crippen LogP contribution in [0.5, 0.6) is 0 Å². The lowest BCUT2D eigenvalue weighted by atomic mass is 9.77. The maximum Gasteiger partial charge on any atom is 0.0130 e. The second kappa shape index (κ2) is 9.86. The first kappa shape index (κ1) is 20.6. The van der Waals surface area contributed by atoms with Gasteiger partial charge in [-0.2, -0.15) is 0 Å². The minimum absolute atomic E-state index is 0.588. The van der Waals surface area contributed by atoms with E-state index >= 15 is 0 Å². The van der Waals surface area contributed by atoms with Crippen LogP contribution in [0.25, 0.3) is 11.1 Å².